The first-order valence-corrected chi connectivity index (χ1v) is 9.68. The van der Waals surface area contributed by atoms with E-state index in [-0.39, 0.29) is 0 Å². The van der Waals surface area contributed by atoms with Gasteiger partial charge in [-0.25, -0.2) is 4.85 Å². The molecule has 0 heterocycles. The molecule has 0 saturated heterocycles. The normalized spacial score (nSPS) is 9.14. The average molecular weight is 486 g/mol. The van der Waals surface area contributed by atoms with Crippen molar-refractivity contribution in [3.8, 4) is 29.8 Å². The lowest BCUT2D eigenvalue weighted by Crippen LogP contribution is -1.85. The van der Waals surface area contributed by atoms with Crippen LogP contribution in [0.25, 0.3) is 4.85 Å². The first-order chi connectivity index (χ1) is 13.6. The fraction of sp³-hybridized carbons (Fsp3) is 0. The van der Waals surface area contributed by atoms with Gasteiger partial charge in [0.2, 0.25) is 0 Å². The van der Waals surface area contributed by atoms with Gasteiger partial charge in [0.25, 0.3) is 0 Å². The summed E-state index contributed by atoms with van der Waals surface area (Å²) in [5.41, 5.74) is 4.52. The number of hydrogen-bond acceptors (Lipinski definition) is 1. The highest BCUT2D eigenvalue weighted by atomic mass is 79.9. The molecule has 3 aromatic carbocycles. The highest BCUT2D eigenvalue weighted by Gasteiger charge is 2.04. The zero-order chi connectivity index (χ0) is 19.9. The maximum absolute atomic E-state index is 8.87. The third kappa shape index (κ3) is 4.91. The van der Waals surface area contributed by atoms with Crippen LogP contribution >= 0.6 is 31.9 Å². The molecule has 0 atom stereocenters. The van der Waals surface area contributed by atoms with Crippen LogP contribution in [0, 0.1) is 41.6 Å². The van der Waals surface area contributed by atoms with E-state index in [1.807, 2.05) is 36.4 Å². The summed E-state index contributed by atoms with van der Waals surface area (Å²) in [6, 6.07) is 20.3. The van der Waals surface area contributed by atoms with Crippen LogP contribution in [0.4, 0.5) is 5.69 Å². The van der Waals surface area contributed by atoms with Gasteiger partial charge in [0.1, 0.15) is 0 Å². The van der Waals surface area contributed by atoms with E-state index in [4.69, 9.17) is 11.8 Å². The smallest absolute Gasteiger partial charge is 0.187 e. The molecule has 130 valence electrons. The molecule has 28 heavy (non-hydrogen) atoms. The van der Waals surface area contributed by atoms with Crippen molar-refractivity contribution in [3.05, 3.63) is 109 Å². The molecule has 3 rings (SSSR count). The maximum atomic E-state index is 8.87. The predicted octanol–water partition coefficient (Wildman–Crippen LogP) is 6.43. The summed E-state index contributed by atoms with van der Waals surface area (Å²) in [4.78, 5) is 3.38. The lowest BCUT2D eigenvalue weighted by atomic mass is 10.1. The highest BCUT2D eigenvalue weighted by Crippen LogP contribution is 2.25. The van der Waals surface area contributed by atoms with Crippen molar-refractivity contribution in [2.45, 2.75) is 0 Å². The third-order valence-corrected chi connectivity index (χ3v) is 5.06. The Morgan fingerprint density at radius 1 is 0.679 bits per heavy atom. The van der Waals surface area contributed by atoms with E-state index >= 15 is 0 Å². The molecule has 3 aromatic rings. The predicted molar refractivity (Wildman–Crippen MR) is 118 cm³/mol. The molecule has 0 aromatic heterocycles. The van der Waals surface area contributed by atoms with Crippen molar-refractivity contribution in [2.75, 3.05) is 0 Å². The molecule has 0 N–H and O–H groups in total. The molecule has 0 radical (unpaired) electrons. The molecule has 0 aliphatic carbocycles. The van der Waals surface area contributed by atoms with Crippen molar-refractivity contribution in [3.63, 3.8) is 0 Å². The fourth-order valence-electron chi connectivity index (χ4n) is 2.27. The van der Waals surface area contributed by atoms with Crippen LogP contribution in [0.2, 0.25) is 0 Å². The summed E-state index contributed by atoms with van der Waals surface area (Å²) >= 11 is 7.08. The van der Waals surface area contributed by atoms with Crippen LogP contribution in [-0.2, 0) is 0 Å². The molecule has 0 unspecified atom stereocenters. The van der Waals surface area contributed by atoms with Crippen molar-refractivity contribution in [1.29, 1.82) is 5.26 Å². The van der Waals surface area contributed by atoms with Crippen molar-refractivity contribution < 1.29 is 0 Å². The molecule has 0 aliphatic rings. The van der Waals surface area contributed by atoms with Crippen LogP contribution in [0.1, 0.15) is 27.8 Å². The summed E-state index contributed by atoms with van der Waals surface area (Å²) in [5.74, 6) is 12.5. The summed E-state index contributed by atoms with van der Waals surface area (Å²) in [5, 5.41) is 8.87. The van der Waals surface area contributed by atoms with Crippen LogP contribution in [0.15, 0.2) is 69.6 Å². The Hall–Kier alpha value is -3.28. The van der Waals surface area contributed by atoms with Gasteiger partial charge in [-0.05, 0) is 68.3 Å². The fourth-order valence-corrected chi connectivity index (χ4v) is 3.46. The molecule has 4 heteroatoms. The topological polar surface area (TPSA) is 28.1 Å². The van der Waals surface area contributed by atoms with Gasteiger partial charge in [0, 0.05) is 31.2 Å². The number of benzene rings is 3. The molecule has 0 saturated carbocycles. The summed E-state index contributed by atoms with van der Waals surface area (Å²) < 4.78 is 1.74. The van der Waals surface area contributed by atoms with Crippen molar-refractivity contribution >= 4 is 37.5 Å². The van der Waals surface area contributed by atoms with Crippen LogP contribution in [0.3, 0.4) is 0 Å². The SMILES string of the molecule is [C-]#[N+]c1ccc(C#Cc2cc(C#Cc3ccc(C#N)cc3)c(Br)cc2Br)cc1. The average Bonchev–Trinajstić information content (AvgIpc) is 2.73. The Kier molecular flexibility index (Phi) is 6.32. The van der Waals surface area contributed by atoms with E-state index in [0.717, 1.165) is 31.2 Å². The quantitative estimate of drug-likeness (QED) is 0.266. The maximum Gasteiger partial charge on any atom is 0.187 e. The summed E-state index contributed by atoms with van der Waals surface area (Å²) in [6.45, 7) is 7.00. The molecular weight excluding hydrogens is 476 g/mol. The first-order valence-electron chi connectivity index (χ1n) is 8.10. The number of halogens is 2. The number of hydrogen-bond donors (Lipinski definition) is 0. The van der Waals surface area contributed by atoms with Crippen LogP contribution < -0.4 is 0 Å². The van der Waals surface area contributed by atoms with Gasteiger partial charge in [-0.15, -0.1) is 0 Å². The minimum absolute atomic E-state index is 0.593. The van der Waals surface area contributed by atoms with E-state index in [0.29, 0.717) is 11.3 Å². The van der Waals surface area contributed by atoms with E-state index in [9.17, 15) is 0 Å². The molecule has 0 bridgehead atoms. The van der Waals surface area contributed by atoms with Gasteiger partial charge in [-0.3, -0.25) is 0 Å². The molecule has 0 amide bonds. The second kappa shape index (κ2) is 9.08. The zero-order valence-corrected chi connectivity index (χ0v) is 17.6. The summed E-state index contributed by atoms with van der Waals surface area (Å²) in [7, 11) is 0. The molecule has 2 nitrogen and oxygen atoms in total. The highest BCUT2D eigenvalue weighted by molar-refractivity contribution is 9.11. The monoisotopic (exact) mass is 484 g/mol. The van der Waals surface area contributed by atoms with E-state index in [2.05, 4.69) is 66.5 Å². The minimum atomic E-state index is 0.593. The van der Waals surface area contributed by atoms with Crippen molar-refractivity contribution in [2.24, 2.45) is 0 Å². The van der Waals surface area contributed by atoms with Crippen LogP contribution in [-0.4, -0.2) is 0 Å². The molecular formula is C24H10Br2N2. The van der Waals surface area contributed by atoms with Gasteiger partial charge in [0.05, 0.1) is 18.2 Å². The van der Waals surface area contributed by atoms with Gasteiger partial charge < -0.3 is 0 Å². The van der Waals surface area contributed by atoms with Crippen molar-refractivity contribution in [1.82, 2.24) is 0 Å². The Labute approximate surface area is 180 Å². The Morgan fingerprint density at radius 2 is 1.14 bits per heavy atom. The minimum Gasteiger partial charge on any atom is -0.238 e. The van der Waals surface area contributed by atoms with E-state index in [1.165, 1.54) is 0 Å². The zero-order valence-electron chi connectivity index (χ0n) is 14.4. The van der Waals surface area contributed by atoms with Crippen LogP contribution in [0.5, 0.6) is 0 Å². The van der Waals surface area contributed by atoms with Gasteiger partial charge in [-0.2, -0.15) is 5.26 Å². The largest absolute Gasteiger partial charge is 0.238 e. The van der Waals surface area contributed by atoms with Gasteiger partial charge in [-0.1, -0.05) is 47.9 Å². The Morgan fingerprint density at radius 3 is 1.61 bits per heavy atom. The standard InChI is InChI=1S/C24H10Br2N2/c1-28-22-12-8-18(9-13-22)7-11-21-14-20(23(25)15-24(21)26)10-6-17-2-4-19(16-27)5-3-17/h2-5,8-9,12-15H. The number of nitriles is 1. The second-order valence-electron chi connectivity index (χ2n) is 5.66. The number of nitrogens with zero attached hydrogens (tertiary/aromatic N) is 2. The number of rotatable bonds is 0. The molecule has 0 aliphatic heterocycles. The second-order valence-corrected chi connectivity index (χ2v) is 7.37. The Balaban J connectivity index is 1.91. The van der Waals surface area contributed by atoms with E-state index < -0.39 is 0 Å². The van der Waals surface area contributed by atoms with Gasteiger partial charge in [0.15, 0.2) is 5.69 Å². The lowest BCUT2D eigenvalue weighted by Gasteiger charge is -2.01. The summed E-state index contributed by atoms with van der Waals surface area (Å²) in [6.07, 6.45) is 0. The van der Waals surface area contributed by atoms with E-state index in [1.54, 1.807) is 24.3 Å². The first kappa shape index (κ1) is 19.5. The molecule has 0 spiro atoms. The molecule has 0 fully saturated rings. The third-order valence-electron chi connectivity index (χ3n) is 3.75. The Bertz CT molecular complexity index is 1140. The van der Waals surface area contributed by atoms with Gasteiger partial charge >= 0.3 is 0 Å². The lowest BCUT2D eigenvalue weighted by molar-refractivity contribution is 1.48.